The van der Waals surface area contributed by atoms with E-state index in [1.165, 1.54) is 22.5 Å². The molecule has 0 unspecified atom stereocenters. The SMILES string of the molecule is Cc1cc(N2C(=S)N[C@H](c3ccccn3)[C@@H]2c2cc(C)n(-c3ccc(Br)cc3)c2C)ccc1Br. The van der Waals surface area contributed by atoms with E-state index in [1.807, 2.05) is 18.3 Å². The molecular weight excluding hydrogens is 572 g/mol. The monoisotopic (exact) mass is 594 g/mol. The van der Waals surface area contributed by atoms with Crippen molar-refractivity contribution in [3.8, 4) is 5.69 Å². The summed E-state index contributed by atoms with van der Waals surface area (Å²) in [5.41, 5.74) is 7.94. The Kier molecular flexibility index (Phi) is 6.35. The normalized spacial score (nSPS) is 17.8. The molecule has 5 rings (SSSR count). The second kappa shape index (κ2) is 9.29. The second-order valence-corrected chi connectivity index (χ2v) is 10.7. The summed E-state index contributed by atoms with van der Waals surface area (Å²) in [6.07, 6.45) is 1.84. The fourth-order valence-corrected chi connectivity index (χ4v) is 5.66. The zero-order chi connectivity index (χ0) is 24.0. The van der Waals surface area contributed by atoms with Gasteiger partial charge in [0, 0.05) is 37.9 Å². The summed E-state index contributed by atoms with van der Waals surface area (Å²) >= 11 is 13.1. The zero-order valence-electron chi connectivity index (χ0n) is 19.1. The number of thiocarbonyl (C=S) groups is 1. The van der Waals surface area contributed by atoms with Gasteiger partial charge in [-0.2, -0.15) is 0 Å². The third-order valence-electron chi connectivity index (χ3n) is 6.39. The molecule has 0 spiro atoms. The quantitative estimate of drug-likeness (QED) is 0.248. The number of hydrogen-bond acceptors (Lipinski definition) is 2. The van der Waals surface area contributed by atoms with E-state index in [2.05, 4.69) is 127 Å². The van der Waals surface area contributed by atoms with Gasteiger partial charge in [-0.05, 0) is 105 Å². The van der Waals surface area contributed by atoms with Crippen molar-refractivity contribution in [2.75, 3.05) is 4.90 Å². The van der Waals surface area contributed by atoms with E-state index in [1.54, 1.807) is 0 Å². The lowest BCUT2D eigenvalue weighted by Gasteiger charge is -2.28. The maximum Gasteiger partial charge on any atom is 0.174 e. The number of pyridine rings is 1. The molecule has 2 aromatic heterocycles. The lowest BCUT2D eigenvalue weighted by atomic mass is 9.96. The molecule has 1 saturated heterocycles. The fraction of sp³-hybridized carbons (Fsp3) is 0.185. The Balaban J connectivity index is 1.68. The van der Waals surface area contributed by atoms with Gasteiger partial charge in [-0.3, -0.25) is 4.98 Å². The first-order valence-corrected chi connectivity index (χ1v) is 13.1. The van der Waals surface area contributed by atoms with Crippen LogP contribution in [0.25, 0.3) is 5.69 Å². The van der Waals surface area contributed by atoms with E-state index < -0.39 is 0 Å². The van der Waals surface area contributed by atoms with E-state index in [0.717, 1.165) is 26.0 Å². The summed E-state index contributed by atoms with van der Waals surface area (Å²) in [6, 6.07) is 23.0. The summed E-state index contributed by atoms with van der Waals surface area (Å²) in [4.78, 5) is 6.93. The van der Waals surface area contributed by atoms with Crippen molar-refractivity contribution >= 4 is 54.9 Å². The maximum atomic E-state index is 5.91. The van der Waals surface area contributed by atoms with Crippen LogP contribution in [-0.4, -0.2) is 14.7 Å². The highest BCUT2D eigenvalue weighted by molar-refractivity contribution is 9.10. The summed E-state index contributed by atoms with van der Waals surface area (Å²) in [5.74, 6) is 0. The first-order chi connectivity index (χ1) is 16.3. The van der Waals surface area contributed by atoms with Gasteiger partial charge in [-0.25, -0.2) is 0 Å². The number of anilines is 1. The third kappa shape index (κ3) is 4.10. The Labute approximate surface area is 222 Å². The van der Waals surface area contributed by atoms with E-state index >= 15 is 0 Å². The summed E-state index contributed by atoms with van der Waals surface area (Å²) in [7, 11) is 0. The molecule has 2 aromatic carbocycles. The van der Waals surface area contributed by atoms with Gasteiger partial charge in [0.25, 0.3) is 0 Å². The van der Waals surface area contributed by atoms with Crippen LogP contribution in [0, 0.1) is 20.8 Å². The van der Waals surface area contributed by atoms with Crippen molar-refractivity contribution < 1.29 is 0 Å². The molecule has 34 heavy (non-hydrogen) atoms. The minimum absolute atomic E-state index is 0.0432. The lowest BCUT2D eigenvalue weighted by Crippen LogP contribution is -2.29. The van der Waals surface area contributed by atoms with E-state index in [9.17, 15) is 0 Å². The van der Waals surface area contributed by atoms with Crippen LogP contribution in [0.5, 0.6) is 0 Å². The Hall–Kier alpha value is -2.48. The number of hydrogen-bond donors (Lipinski definition) is 1. The first-order valence-electron chi connectivity index (χ1n) is 11.1. The molecule has 0 saturated carbocycles. The molecular formula is C27H24Br2N4S. The Morgan fingerprint density at radius 3 is 2.32 bits per heavy atom. The number of nitrogens with one attached hydrogen (secondary N) is 1. The van der Waals surface area contributed by atoms with Gasteiger partial charge in [0.2, 0.25) is 0 Å². The topological polar surface area (TPSA) is 33.1 Å². The molecule has 1 aliphatic heterocycles. The molecule has 7 heteroatoms. The van der Waals surface area contributed by atoms with Crippen molar-refractivity contribution in [3.05, 3.63) is 110 Å². The molecule has 1 fully saturated rings. The summed E-state index contributed by atoms with van der Waals surface area (Å²) < 4.78 is 4.46. The number of aromatic nitrogens is 2. The van der Waals surface area contributed by atoms with Crippen LogP contribution in [0.4, 0.5) is 5.69 Å². The van der Waals surface area contributed by atoms with E-state index in [4.69, 9.17) is 12.2 Å². The van der Waals surface area contributed by atoms with Crippen LogP contribution in [0.2, 0.25) is 0 Å². The van der Waals surface area contributed by atoms with Crippen molar-refractivity contribution in [3.63, 3.8) is 0 Å². The number of nitrogens with zero attached hydrogens (tertiary/aromatic N) is 3. The predicted molar refractivity (Wildman–Crippen MR) is 150 cm³/mol. The average molecular weight is 596 g/mol. The predicted octanol–water partition coefficient (Wildman–Crippen LogP) is 7.50. The van der Waals surface area contributed by atoms with Crippen LogP contribution < -0.4 is 10.2 Å². The van der Waals surface area contributed by atoms with Gasteiger partial charge in [0.1, 0.15) is 0 Å². The van der Waals surface area contributed by atoms with Gasteiger partial charge >= 0.3 is 0 Å². The number of halogens is 2. The minimum atomic E-state index is -0.0727. The van der Waals surface area contributed by atoms with Crippen LogP contribution in [0.15, 0.2) is 81.9 Å². The lowest BCUT2D eigenvalue weighted by molar-refractivity contribution is 0.565. The number of rotatable bonds is 4. The largest absolute Gasteiger partial charge is 0.351 e. The molecule has 0 radical (unpaired) electrons. The second-order valence-electron chi connectivity index (χ2n) is 8.57. The van der Waals surface area contributed by atoms with Crippen LogP contribution in [0.1, 0.15) is 40.3 Å². The van der Waals surface area contributed by atoms with Crippen molar-refractivity contribution in [1.82, 2.24) is 14.9 Å². The van der Waals surface area contributed by atoms with Crippen molar-refractivity contribution in [2.24, 2.45) is 0 Å². The first kappa shape index (κ1) is 23.3. The molecule has 0 aliphatic carbocycles. The van der Waals surface area contributed by atoms with Gasteiger partial charge in [0.15, 0.2) is 5.11 Å². The number of benzene rings is 2. The highest BCUT2D eigenvalue weighted by atomic mass is 79.9. The fourth-order valence-electron chi connectivity index (χ4n) is 4.80. The molecule has 4 aromatic rings. The zero-order valence-corrected chi connectivity index (χ0v) is 23.1. The van der Waals surface area contributed by atoms with Crippen molar-refractivity contribution in [2.45, 2.75) is 32.9 Å². The minimum Gasteiger partial charge on any atom is -0.351 e. The molecule has 0 bridgehead atoms. The standard InChI is InChI=1S/C27H24Br2N4S/c1-16-14-21(11-12-23(16)29)33-26(25(31-27(33)34)24-6-4-5-13-30-24)22-15-17(2)32(18(22)3)20-9-7-19(28)8-10-20/h4-15,25-26H,1-3H3,(H,31,34)/t25-,26+/m1/s1. The third-order valence-corrected chi connectivity index (χ3v) is 8.12. The van der Waals surface area contributed by atoms with Gasteiger partial charge in [-0.1, -0.05) is 37.9 Å². The van der Waals surface area contributed by atoms with Crippen LogP contribution in [-0.2, 0) is 0 Å². The molecule has 1 N–H and O–H groups in total. The molecule has 4 nitrogen and oxygen atoms in total. The molecule has 3 heterocycles. The molecule has 0 amide bonds. The van der Waals surface area contributed by atoms with Crippen LogP contribution >= 0.6 is 44.1 Å². The highest BCUT2D eigenvalue weighted by Crippen LogP contribution is 2.44. The van der Waals surface area contributed by atoms with Crippen molar-refractivity contribution in [1.29, 1.82) is 0 Å². The van der Waals surface area contributed by atoms with Gasteiger partial charge < -0.3 is 14.8 Å². The van der Waals surface area contributed by atoms with E-state index in [-0.39, 0.29) is 12.1 Å². The molecule has 172 valence electrons. The Bertz CT molecular complexity index is 1370. The average Bonchev–Trinajstić information content (AvgIpc) is 3.32. The Morgan fingerprint density at radius 2 is 1.65 bits per heavy atom. The van der Waals surface area contributed by atoms with E-state index in [0.29, 0.717) is 5.11 Å². The van der Waals surface area contributed by atoms with Crippen LogP contribution in [0.3, 0.4) is 0 Å². The summed E-state index contributed by atoms with van der Waals surface area (Å²) in [6.45, 7) is 6.44. The summed E-state index contributed by atoms with van der Waals surface area (Å²) in [5, 5.41) is 4.28. The molecule has 1 aliphatic rings. The maximum absolute atomic E-state index is 5.91. The molecule has 2 atom stereocenters. The number of aryl methyl sites for hydroxylation is 2. The van der Waals surface area contributed by atoms with Gasteiger partial charge in [0.05, 0.1) is 17.8 Å². The van der Waals surface area contributed by atoms with Gasteiger partial charge in [-0.15, -0.1) is 0 Å². The highest BCUT2D eigenvalue weighted by Gasteiger charge is 2.42. The smallest absolute Gasteiger partial charge is 0.174 e. The Morgan fingerprint density at radius 1 is 0.912 bits per heavy atom.